The van der Waals surface area contributed by atoms with Crippen LogP contribution >= 0.6 is 0 Å². The summed E-state index contributed by atoms with van der Waals surface area (Å²) in [7, 11) is 0. The SMILES string of the molecule is CCNCC(=O)NCc1ccc([N+](=O)[O-])cc1. The van der Waals surface area contributed by atoms with Gasteiger partial charge < -0.3 is 10.6 Å². The predicted molar refractivity (Wildman–Crippen MR) is 63.5 cm³/mol. The molecule has 1 rings (SSSR count). The summed E-state index contributed by atoms with van der Waals surface area (Å²) in [5, 5.41) is 16.0. The van der Waals surface area contributed by atoms with Crippen molar-refractivity contribution in [3.8, 4) is 0 Å². The van der Waals surface area contributed by atoms with Gasteiger partial charge in [0.15, 0.2) is 0 Å². The van der Waals surface area contributed by atoms with Gasteiger partial charge in [0.05, 0.1) is 11.5 Å². The first-order valence-electron chi connectivity index (χ1n) is 5.34. The molecule has 1 aromatic carbocycles. The quantitative estimate of drug-likeness (QED) is 0.566. The van der Waals surface area contributed by atoms with E-state index in [1.165, 1.54) is 12.1 Å². The number of hydrogen-bond donors (Lipinski definition) is 2. The fraction of sp³-hybridized carbons (Fsp3) is 0.364. The summed E-state index contributed by atoms with van der Waals surface area (Å²) < 4.78 is 0. The van der Waals surface area contributed by atoms with Crippen molar-refractivity contribution in [3.63, 3.8) is 0 Å². The number of likely N-dealkylation sites (N-methyl/N-ethyl adjacent to an activating group) is 1. The molecule has 6 nitrogen and oxygen atoms in total. The second-order valence-electron chi connectivity index (χ2n) is 3.48. The molecule has 0 atom stereocenters. The molecule has 17 heavy (non-hydrogen) atoms. The van der Waals surface area contributed by atoms with E-state index in [0.29, 0.717) is 6.54 Å². The van der Waals surface area contributed by atoms with Crippen LogP contribution in [0.1, 0.15) is 12.5 Å². The van der Waals surface area contributed by atoms with Crippen molar-refractivity contribution in [3.05, 3.63) is 39.9 Å². The zero-order valence-electron chi connectivity index (χ0n) is 9.60. The fourth-order valence-corrected chi connectivity index (χ4v) is 1.24. The molecule has 6 heteroatoms. The summed E-state index contributed by atoms with van der Waals surface area (Å²) in [6, 6.07) is 6.11. The molecular weight excluding hydrogens is 222 g/mol. The number of carbonyl (C=O) groups is 1. The highest BCUT2D eigenvalue weighted by atomic mass is 16.6. The number of rotatable bonds is 6. The highest BCUT2D eigenvalue weighted by Crippen LogP contribution is 2.11. The molecule has 0 fully saturated rings. The lowest BCUT2D eigenvalue weighted by Gasteiger charge is -2.05. The third kappa shape index (κ3) is 4.60. The molecule has 0 aromatic heterocycles. The van der Waals surface area contributed by atoms with Crippen molar-refractivity contribution < 1.29 is 9.72 Å². The normalized spacial score (nSPS) is 9.94. The first kappa shape index (κ1) is 13.1. The van der Waals surface area contributed by atoms with Crippen molar-refractivity contribution in [1.82, 2.24) is 10.6 Å². The summed E-state index contributed by atoms with van der Waals surface area (Å²) >= 11 is 0. The summed E-state index contributed by atoms with van der Waals surface area (Å²) in [5.41, 5.74) is 0.883. The number of nitrogens with one attached hydrogen (secondary N) is 2. The molecule has 0 bridgehead atoms. The number of hydrogen-bond acceptors (Lipinski definition) is 4. The van der Waals surface area contributed by atoms with Crippen LogP contribution in [-0.2, 0) is 11.3 Å². The van der Waals surface area contributed by atoms with Crippen LogP contribution in [0.3, 0.4) is 0 Å². The minimum atomic E-state index is -0.451. The lowest BCUT2D eigenvalue weighted by atomic mass is 10.2. The predicted octanol–water partition coefficient (Wildman–Crippen LogP) is 0.820. The van der Waals surface area contributed by atoms with E-state index in [1.54, 1.807) is 12.1 Å². The Morgan fingerprint density at radius 2 is 2.00 bits per heavy atom. The minimum Gasteiger partial charge on any atom is -0.351 e. The Hall–Kier alpha value is -1.95. The largest absolute Gasteiger partial charge is 0.351 e. The third-order valence-electron chi connectivity index (χ3n) is 2.17. The molecule has 1 aromatic rings. The lowest BCUT2D eigenvalue weighted by Crippen LogP contribution is -2.33. The maximum atomic E-state index is 11.3. The molecule has 0 saturated carbocycles. The standard InChI is InChI=1S/C11H15N3O3/c1-2-12-8-11(15)13-7-9-3-5-10(6-4-9)14(16)17/h3-6,12H,2,7-8H2,1H3,(H,13,15). The number of benzene rings is 1. The van der Waals surface area contributed by atoms with Crippen LogP contribution in [0.25, 0.3) is 0 Å². The highest BCUT2D eigenvalue weighted by molar-refractivity contribution is 5.77. The van der Waals surface area contributed by atoms with Gasteiger partial charge in [0.2, 0.25) is 5.91 Å². The van der Waals surface area contributed by atoms with E-state index in [0.717, 1.165) is 12.1 Å². The van der Waals surface area contributed by atoms with Gasteiger partial charge in [-0.25, -0.2) is 0 Å². The highest BCUT2D eigenvalue weighted by Gasteiger charge is 2.04. The molecule has 0 spiro atoms. The Balaban J connectivity index is 2.42. The van der Waals surface area contributed by atoms with Crippen LogP contribution in [0, 0.1) is 10.1 Å². The van der Waals surface area contributed by atoms with Gasteiger partial charge in [0.25, 0.3) is 5.69 Å². The number of amides is 1. The van der Waals surface area contributed by atoms with Gasteiger partial charge in [-0.3, -0.25) is 14.9 Å². The first-order valence-corrected chi connectivity index (χ1v) is 5.34. The topological polar surface area (TPSA) is 84.3 Å². The van der Waals surface area contributed by atoms with Gasteiger partial charge in [-0.15, -0.1) is 0 Å². The molecular formula is C11H15N3O3. The molecule has 0 aliphatic rings. The van der Waals surface area contributed by atoms with Crippen LogP contribution in [0.15, 0.2) is 24.3 Å². The first-order chi connectivity index (χ1) is 8.13. The zero-order valence-corrected chi connectivity index (χ0v) is 9.60. The molecule has 0 unspecified atom stereocenters. The number of nitro benzene ring substituents is 1. The smallest absolute Gasteiger partial charge is 0.269 e. The average Bonchev–Trinajstić information content (AvgIpc) is 2.34. The maximum absolute atomic E-state index is 11.3. The molecule has 0 radical (unpaired) electrons. The van der Waals surface area contributed by atoms with E-state index >= 15 is 0 Å². The summed E-state index contributed by atoms with van der Waals surface area (Å²) in [4.78, 5) is 21.2. The van der Waals surface area contributed by atoms with Gasteiger partial charge in [-0.2, -0.15) is 0 Å². The lowest BCUT2D eigenvalue weighted by molar-refractivity contribution is -0.384. The van der Waals surface area contributed by atoms with E-state index in [1.807, 2.05) is 6.92 Å². The van der Waals surface area contributed by atoms with Gasteiger partial charge in [-0.05, 0) is 12.1 Å². The fourth-order valence-electron chi connectivity index (χ4n) is 1.24. The number of nitrogens with zero attached hydrogens (tertiary/aromatic N) is 1. The Kier molecular flexibility index (Phi) is 5.09. The van der Waals surface area contributed by atoms with Crippen LogP contribution in [0.5, 0.6) is 0 Å². The van der Waals surface area contributed by atoms with Gasteiger partial charge in [0, 0.05) is 18.7 Å². The van der Waals surface area contributed by atoms with Crippen molar-refractivity contribution in [2.24, 2.45) is 0 Å². The van der Waals surface area contributed by atoms with Crippen molar-refractivity contribution in [1.29, 1.82) is 0 Å². The maximum Gasteiger partial charge on any atom is 0.269 e. The van der Waals surface area contributed by atoms with Crippen LogP contribution in [0.4, 0.5) is 5.69 Å². The molecule has 1 amide bonds. The Morgan fingerprint density at radius 3 is 2.53 bits per heavy atom. The summed E-state index contributed by atoms with van der Waals surface area (Å²) in [6.45, 7) is 3.32. The Morgan fingerprint density at radius 1 is 1.35 bits per heavy atom. The van der Waals surface area contributed by atoms with E-state index in [2.05, 4.69) is 10.6 Å². The van der Waals surface area contributed by atoms with E-state index in [-0.39, 0.29) is 18.1 Å². The second kappa shape index (κ2) is 6.59. The average molecular weight is 237 g/mol. The van der Waals surface area contributed by atoms with E-state index in [9.17, 15) is 14.9 Å². The zero-order chi connectivity index (χ0) is 12.7. The van der Waals surface area contributed by atoms with E-state index < -0.39 is 4.92 Å². The summed E-state index contributed by atoms with van der Waals surface area (Å²) in [6.07, 6.45) is 0. The van der Waals surface area contributed by atoms with Crippen LogP contribution in [-0.4, -0.2) is 23.9 Å². The second-order valence-corrected chi connectivity index (χ2v) is 3.48. The van der Waals surface area contributed by atoms with Crippen molar-refractivity contribution in [2.45, 2.75) is 13.5 Å². The molecule has 0 saturated heterocycles. The third-order valence-corrected chi connectivity index (χ3v) is 2.17. The number of carbonyl (C=O) groups excluding carboxylic acids is 1. The minimum absolute atomic E-state index is 0.0488. The van der Waals surface area contributed by atoms with Gasteiger partial charge in [-0.1, -0.05) is 19.1 Å². The van der Waals surface area contributed by atoms with Crippen LogP contribution in [0.2, 0.25) is 0 Å². The van der Waals surface area contributed by atoms with Gasteiger partial charge >= 0.3 is 0 Å². The Labute approximate surface area is 99.2 Å². The van der Waals surface area contributed by atoms with E-state index in [4.69, 9.17) is 0 Å². The van der Waals surface area contributed by atoms with Crippen molar-refractivity contribution >= 4 is 11.6 Å². The number of non-ortho nitro benzene ring substituents is 1. The van der Waals surface area contributed by atoms with Crippen molar-refractivity contribution in [2.75, 3.05) is 13.1 Å². The monoisotopic (exact) mass is 237 g/mol. The van der Waals surface area contributed by atoms with Gasteiger partial charge in [0.1, 0.15) is 0 Å². The Bertz CT molecular complexity index is 389. The molecule has 2 N–H and O–H groups in total. The van der Waals surface area contributed by atoms with Crippen LogP contribution < -0.4 is 10.6 Å². The number of nitro groups is 1. The molecule has 92 valence electrons. The molecule has 0 aliphatic carbocycles. The summed E-state index contributed by atoms with van der Waals surface area (Å²) in [5.74, 6) is -0.0924. The molecule has 0 aliphatic heterocycles. The molecule has 0 heterocycles.